The molecule has 0 heterocycles. The molecule has 1 aromatic carbocycles. The van der Waals surface area contributed by atoms with Crippen LogP contribution >= 0.6 is 15.9 Å². The van der Waals surface area contributed by atoms with Crippen LogP contribution in [0, 0.1) is 0 Å². The third kappa shape index (κ3) is 3.18. The first-order valence-electron chi connectivity index (χ1n) is 6.93. The van der Waals surface area contributed by atoms with Gasteiger partial charge in [-0.3, -0.25) is 4.79 Å². The van der Waals surface area contributed by atoms with Crippen molar-refractivity contribution in [2.45, 2.75) is 37.5 Å². The van der Waals surface area contributed by atoms with E-state index < -0.39 is 0 Å². The van der Waals surface area contributed by atoms with Gasteiger partial charge in [-0.2, -0.15) is 0 Å². The van der Waals surface area contributed by atoms with E-state index in [0.717, 1.165) is 42.1 Å². The minimum absolute atomic E-state index is 0.167. The molecular weight excluding hydrogens is 304 g/mol. The first-order valence-corrected chi connectivity index (χ1v) is 7.73. The van der Waals surface area contributed by atoms with Crippen LogP contribution < -0.4 is 11.1 Å². The molecular formula is C15H21BrN2O. The fraction of sp³-hybridized carbons (Fsp3) is 0.533. The highest BCUT2D eigenvalue weighted by Crippen LogP contribution is 2.41. The van der Waals surface area contributed by atoms with Gasteiger partial charge in [0.05, 0.1) is 5.41 Å². The van der Waals surface area contributed by atoms with Crippen molar-refractivity contribution in [1.82, 2.24) is 5.32 Å². The van der Waals surface area contributed by atoms with E-state index in [9.17, 15) is 4.79 Å². The highest BCUT2D eigenvalue weighted by atomic mass is 79.9. The summed E-state index contributed by atoms with van der Waals surface area (Å²) in [6.45, 7) is 1.29. The van der Waals surface area contributed by atoms with Crippen molar-refractivity contribution in [3.05, 3.63) is 34.3 Å². The Kier molecular flexibility index (Phi) is 4.99. The summed E-state index contributed by atoms with van der Waals surface area (Å²) in [6, 6.07) is 8.17. The van der Waals surface area contributed by atoms with Crippen LogP contribution in [0.4, 0.5) is 0 Å². The van der Waals surface area contributed by atoms with Crippen LogP contribution in [-0.4, -0.2) is 19.0 Å². The number of halogens is 1. The number of carbonyl (C=O) groups excluding carboxylic acids is 1. The van der Waals surface area contributed by atoms with Gasteiger partial charge in [-0.25, -0.2) is 0 Å². The third-order valence-corrected chi connectivity index (χ3v) is 4.48. The maximum absolute atomic E-state index is 12.6. The van der Waals surface area contributed by atoms with E-state index in [0.29, 0.717) is 13.1 Å². The number of nitrogens with one attached hydrogen (secondary N) is 1. The quantitative estimate of drug-likeness (QED) is 0.818. The summed E-state index contributed by atoms with van der Waals surface area (Å²) >= 11 is 3.45. The van der Waals surface area contributed by atoms with Crippen LogP contribution in [-0.2, 0) is 10.2 Å². The number of nitrogens with two attached hydrogens (primary N) is 1. The van der Waals surface area contributed by atoms with E-state index in [1.54, 1.807) is 0 Å². The molecule has 4 heteroatoms. The normalized spacial score (nSPS) is 17.4. The Morgan fingerprint density at radius 2 is 1.89 bits per heavy atom. The smallest absolute Gasteiger partial charge is 0.230 e. The molecule has 0 radical (unpaired) electrons. The van der Waals surface area contributed by atoms with Gasteiger partial charge in [0.2, 0.25) is 5.91 Å². The molecule has 0 aromatic heterocycles. The standard InChI is InChI=1S/C15H21BrN2O/c16-13-6-4-12(5-7-13)15(8-1-2-9-15)14(19)18-11-3-10-17/h4-7H,1-3,8-11,17H2,(H,18,19). The zero-order chi connectivity index (χ0) is 13.7. The van der Waals surface area contributed by atoms with Gasteiger partial charge in [0.25, 0.3) is 0 Å². The second kappa shape index (κ2) is 6.53. The molecule has 0 bridgehead atoms. The minimum Gasteiger partial charge on any atom is -0.355 e. The van der Waals surface area contributed by atoms with E-state index in [1.807, 2.05) is 12.1 Å². The predicted molar refractivity (Wildman–Crippen MR) is 81.0 cm³/mol. The van der Waals surface area contributed by atoms with E-state index in [-0.39, 0.29) is 11.3 Å². The average molecular weight is 325 g/mol. The highest BCUT2D eigenvalue weighted by molar-refractivity contribution is 9.10. The Hall–Kier alpha value is -0.870. The van der Waals surface area contributed by atoms with Crippen molar-refractivity contribution in [1.29, 1.82) is 0 Å². The summed E-state index contributed by atoms with van der Waals surface area (Å²) in [6.07, 6.45) is 4.98. The molecule has 0 atom stereocenters. The Balaban J connectivity index is 2.17. The van der Waals surface area contributed by atoms with Crippen LogP contribution in [0.15, 0.2) is 28.7 Å². The second-order valence-electron chi connectivity index (χ2n) is 5.19. The highest BCUT2D eigenvalue weighted by Gasteiger charge is 2.42. The number of benzene rings is 1. The Labute approximate surface area is 123 Å². The Morgan fingerprint density at radius 3 is 2.47 bits per heavy atom. The number of hydrogen-bond donors (Lipinski definition) is 2. The molecule has 2 rings (SSSR count). The molecule has 19 heavy (non-hydrogen) atoms. The number of rotatable bonds is 5. The first-order chi connectivity index (χ1) is 9.19. The summed E-state index contributed by atoms with van der Waals surface area (Å²) < 4.78 is 1.05. The molecule has 3 N–H and O–H groups in total. The molecule has 1 fully saturated rings. The van der Waals surface area contributed by atoms with Gasteiger partial charge in [0.15, 0.2) is 0 Å². The van der Waals surface area contributed by atoms with Gasteiger partial charge >= 0.3 is 0 Å². The molecule has 1 saturated carbocycles. The van der Waals surface area contributed by atoms with Gasteiger partial charge in [0, 0.05) is 11.0 Å². The fourth-order valence-corrected chi connectivity index (χ4v) is 3.13. The van der Waals surface area contributed by atoms with Gasteiger partial charge in [-0.1, -0.05) is 40.9 Å². The number of hydrogen-bond acceptors (Lipinski definition) is 2. The lowest BCUT2D eigenvalue weighted by atomic mass is 9.78. The van der Waals surface area contributed by atoms with Crippen molar-refractivity contribution < 1.29 is 4.79 Å². The average Bonchev–Trinajstić information content (AvgIpc) is 2.90. The molecule has 1 aliphatic carbocycles. The molecule has 0 aliphatic heterocycles. The molecule has 1 amide bonds. The van der Waals surface area contributed by atoms with Crippen LogP contribution in [0.3, 0.4) is 0 Å². The maximum Gasteiger partial charge on any atom is 0.230 e. The van der Waals surface area contributed by atoms with Gasteiger partial charge < -0.3 is 11.1 Å². The fourth-order valence-electron chi connectivity index (χ4n) is 2.87. The first kappa shape index (κ1) is 14.5. The number of carbonyl (C=O) groups is 1. The van der Waals surface area contributed by atoms with Gasteiger partial charge in [-0.15, -0.1) is 0 Å². The molecule has 1 aromatic rings. The van der Waals surface area contributed by atoms with Gasteiger partial charge in [0.1, 0.15) is 0 Å². The molecule has 104 valence electrons. The largest absolute Gasteiger partial charge is 0.355 e. The summed E-state index contributed by atoms with van der Waals surface area (Å²) in [4.78, 5) is 12.6. The molecule has 3 nitrogen and oxygen atoms in total. The monoisotopic (exact) mass is 324 g/mol. The van der Waals surface area contributed by atoms with Crippen molar-refractivity contribution in [2.24, 2.45) is 5.73 Å². The Bertz CT molecular complexity index is 424. The van der Waals surface area contributed by atoms with Crippen LogP contribution in [0.2, 0.25) is 0 Å². The molecule has 0 unspecified atom stereocenters. The van der Waals surface area contributed by atoms with Crippen molar-refractivity contribution >= 4 is 21.8 Å². The zero-order valence-corrected chi connectivity index (χ0v) is 12.7. The van der Waals surface area contributed by atoms with Crippen LogP contribution in [0.1, 0.15) is 37.7 Å². The lowest BCUT2D eigenvalue weighted by Crippen LogP contribution is -2.43. The van der Waals surface area contributed by atoms with Crippen molar-refractivity contribution in [2.75, 3.05) is 13.1 Å². The van der Waals surface area contributed by atoms with E-state index in [2.05, 4.69) is 33.4 Å². The topological polar surface area (TPSA) is 55.1 Å². The van der Waals surface area contributed by atoms with E-state index in [4.69, 9.17) is 5.73 Å². The van der Waals surface area contributed by atoms with E-state index >= 15 is 0 Å². The summed E-state index contributed by atoms with van der Waals surface area (Å²) in [7, 11) is 0. The van der Waals surface area contributed by atoms with E-state index in [1.165, 1.54) is 0 Å². The summed E-state index contributed by atoms with van der Waals surface area (Å²) in [5, 5.41) is 3.05. The SMILES string of the molecule is NCCCNC(=O)C1(c2ccc(Br)cc2)CCCC1. The van der Waals surface area contributed by atoms with Crippen molar-refractivity contribution in [3.8, 4) is 0 Å². The molecule has 0 spiro atoms. The maximum atomic E-state index is 12.6. The second-order valence-corrected chi connectivity index (χ2v) is 6.11. The zero-order valence-electron chi connectivity index (χ0n) is 11.1. The lowest BCUT2D eigenvalue weighted by molar-refractivity contribution is -0.126. The predicted octanol–water partition coefficient (Wildman–Crippen LogP) is 2.73. The van der Waals surface area contributed by atoms with Crippen LogP contribution in [0.25, 0.3) is 0 Å². The Morgan fingerprint density at radius 1 is 1.26 bits per heavy atom. The summed E-state index contributed by atoms with van der Waals surface area (Å²) in [5.41, 5.74) is 6.29. The minimum atomic E-state index is -0.324. The summed E-state index contributed by atoms with van der Waals surface area (Å²) in [5.74, 6) is 0.167. The molecule has 0 saturated heterocycles. The van der Waals surface area contributed by atoms with Crippen molar-refractivity contribution in [3.63, 3.8) is 0 Å². The third-order valence-electron chi connectivity index (χ3n) is 3.96. The van der Waals surface area contributed by atoms with Gasteiger partial charge in [-0.05, 0) is 43.5 Å². The van der Waals surface area contributed by atoms with Crippen LogP contribution in [0.5, 0.6) is 0 Å². The number of amides is 1. The lowest BCUT2D eigenvalue weighted by Gasteiger charge is -2.28. The molecule has 1 aliphatic rings.